The summed E-state index contributed by atoms with van der Waals surface area (Å²) in [5.41, 5.74) is 0.581. The van der Waals surface area contributed by atoms with Gasteiger partial charge in [-0.3, -0.25) is 9.00 Å². The number of halogens is 4. The number of pyridine rings is 1. The average molecular weight is 411 g/mol. The summed E-state index contributed by atoms with van der Waals surface area (Å²) in [7, 11) is -1.75. The lowest BCUT2D eigenvalue weighted by atomic mass is 10.4. The highest BCUT2D eigenvalue weighted by Gasteiger charge is 2.27. The van der Waals surface area contributed by atoms with E-state index < -0.39 is 35.1 Å². The summed E-state index contributed by atoms with van der Waals surface area (Å²) in [5, 5.41) is 17.6. The van der Waals surface area contributed by atoms with E-state index in [0.29, 0.717) is 10.4 Å². The summed E-state index contributed by atoms with van der Waals surface area (Å²) < 4.78 is 49.5. The summed E-state index contributed by atoms with van der Waals surface area (Å²) in [6.07, 6.45) is -1.83. The van der Waals surface area contributed by atoms with E-state index in [2.05, 4.69) is 10.4 Å². The number of carbonyl (C=O) groups excluding carboxylic acids is 1. The lowest BCUT2D eigenvalue weighted by Gasteiger charge is -2.06. The number of alkyl halides is 3. The molecule has 7 nitrogen and oxygen atoms in total. The van der Waals surface area contributed by atoms with Crippen LogP contribution in [0.4, 0.5) is 18.9 Å². The molecule has 1 amide bonds. The fourth-order valence-electron chi connectivity index (χ4n) is 1.90. The van der Waals surface area contributed by atoms with E-state index in [1.807, 2.05) is 0 Å². The van der Waals surface area contributed by atoms with Crippen molar-refractivity contribution in [1.82, 2.24) is 9.78 Å². The van der Waals surface area contributed by atoms with Crippen LogP contribution in [0.25, 0.3) is 5.69 Å². The first kappa shape index (κ1) is 20.2. The summed E-state index contributed by atoms with van der Waals surface area (Å²) in [4.78, 5) is 11.9. The second kappa shape index (κ2) is 8.49. The first-order valence-corrected chi connectivity index (χ1v) is 9.16. The first-order chi connectivity index (χ1) is 12.1. The number of carbonyl (C=O) groups is 1. The Bertz CT molecular complexity index is 813. The number of hydrogen-bond donors (Lipinski definition) is 1. The average Bonchev–Trinajstić information content (AvgIpc) is 2.91. The Morgan fingerprint density at radius 2 is 2.15 bits per heavy atom. The van der Waals surface area contributed by atoms with Crippen molar-refractivity contribution in [3.63, 3.8) is 0 Å². The van der Waals surface area contributed by atoms with Gasteiger partial charge in [-0.1, -0.05) is 11.6 Å². The predicted molar refractivity (Wildman–Crippen MR) is 89.3 cm³/mol. The van der Waals surface area contributed by atoms with Crippen LogP contribution in [0.15, 0.2) is 30.7 Å². The molecule has 1 N–H and O–H groups in total. The quantitative estimate of drug-likeness (QED) is 0.559. The molecule has 0 fully saturated rings. The molecule has 0 aliphatic heterocycles. The largest absolute Gasteiger partial charge is 0.619 e. The van der Waals surface area contributed by atoms with E-state index in [9.17, 15) is 27.4 Å². The Morgan fingerprint density at radius 1 is 1.42 bits per heavy atom. The topological polar surface area (TPSA) is 90.9 Å². The van der Waals surface area contributed by atoms with Crippen molar-refractivity contribution in [2.75, 3.05) is 16.8 Å². The third kappa shape index (κ3) is 6.30. The Morgan fingerprint density at radius 3 is 2.81 bits per heavy atom. The molecule has 142 valence electrons. The van der Waals surface area contributed by atoms with Crippen LogP contribution in [0, 0.1) is 5.21 Å². The number of nitrogens with zero attached hydrogens (tertiary/aromatic N) is 3. The summed E-state index contributed by atoms with van der Waals surface area (Å²) in [6.45, 7) is 0. The molecule has 0 aromatic carbocycles. The Kier molecular flexibility index (Phi) is 6.59. The zero-order valence-corrected chi connectivity index (χ0v) is 14.8. The zero-order chi connectivity index (χ0) is 19.3. The minimum atomic E-state index is -4.38. The molecule has 1 atom stereocenters. The molecule has 1 unspecified atom stereocenters. The standard InChI is InChI=1S/C14H14ClF3N4O3S/c15-13-11(9-22(20-13)10-2-1-5-21(24)8-10)19-12(23)3-6-26(25)7-4-14(16,17)18/h1-2,5,8-9H,3-4,6-7H2,(H,19,23). The Balaban J connectivity index is 1.90. The van der Waals surface area contributed by atoms with Crippen LogP contribution >= 0.6 is 11.6 Å². The maximum atomic E-state index is 12.1. The van der Waals surface area contributed by atoms with E-state index in [1.165, 1.54) is 29.3 Å². The molecule has 0 aliphatic rings. The first-order valence-electron chi connectivity index (χ1n) is 7.30. The van der Waals surface area contributed by atoms with Crippen molar-refractivity contribution >= 4 is 34.0 Å². The molecule has 12 heteroatoms. The van der Waals surface area contributed by atoms with Crippen molar-refractivity contribution in [3.8, 4) is 5.69 Å². The van der Waals surface area contributed by atoms with Gasteiger partial charge in [0, 0.05) is 34.8 Å². The zero-order valence-electron chi connectivity index (χ0n) is 13.2. The molecule has 2 rings (SSSR count). The molecule has 2 heterocycles. The van der Waals surface area contributed by atoms with Gasteiger partial charge in [-0.05, 0) is 6.07 Å². The van der Waals surface area contributed by atoms with Gasteiger partial charge in [0.2, 0.25) is 12.1 Å². The highest BCUT2D eigenvalue weighted by molar-refractivity contribution is 7.84. The minimum Gasteiger partial charge on any atom is -0.619 e. The van der Waals surface area contributed by atoms with Gasteiger partial charge in [0.05, 0.1) is 18.3 Å². The predicted octanol–water partition coefficient (Wildman–Crippen LogP) is 2.19. The normalized spacial score (nSPS) is 12.8. The third-order valence-electron chi connectivity index (χ3n) is 3.14. The number of rotatable bonds is 7. The minimum absolute atomic E-state index is 0.0298. The molecule has 0 spiro atoms. The van der Waals surface area contributed by atoms with Gasteiger partial charge in [-0.25, -0.2) is 4.68 Å². The monoisotopic (exact) mass is 410 g/mol. The fraction of sp³-hybridized carbons (Fsp3) is 0.357. The molecular formula is C14H14ClF3N4O3S. The number of anilines is 1. The molecule has 0 bridgehead atoms. The highest BCUT2D eigenvalue weighted by atomic mass is 35.5. The molecule has 2 aromatic rings. The van der Waals surface area contributed by atoms with Crippen LogP contribution in [-0.2, 0) is 15.6 Å². The molecule has 0 saturated carbocycles. The van der Waals surface area contributed by atoms with Gasteiger partial charge >= 0.3 is 6.18 Å². The van der Waals surface area contributed by atoms with E-state index in [0.717, 1.165) is 0 Å². The fourth-order valence-corrected chi connectivity index (χ4v) is 3.15. The van der Waals surface area contributed by atoms with Gasteiger partial charge in [0.25, 0.3) is 0 Å². The van der Waals surface area contributed by atoms with Crippen molar-refractivity contribution < 1.29 is 26.9 Å². The Hall–Kier alpha value is -2.14. The molecule has 0 aliphatic carbocycles. The molecular weight excluding hydrogens is 397 g/mol. The maximum absolute atomic E-state index is 12.1. The van der Waals surface area contributed by atoms with Crippen LogP contribution < -0.4 is 10.0 Å². The number of amides is 1. The molecule has 2 aromatic heterocycles. The lowest BCUT2D eigenvalue weighted by Crippen LogP contribution is -2.25. The number of nitrogens with one attached hydrogen (secondary N) is 1. The molecule has 26 heavy (non-hydrogen) atoms. The molecule has 0 saturated heterocycles. The van der Waals surface area contributed by atoms with Crippen LogP contribution in [-0.4, -0.2) is 37.6 Å². The summed E-state index contributed by atoms with van der Waals surface area (Å²) in [5.74, 6) is -1.29. The van der Waals surface area contributed by atoms with Gasteiger partial charge in [0.15, 0.2) is 11.3 Å². The van der Waals surface area contributed by atoms with Crippen molar-refractivity contribution in [2.24, 2.45) is 0 Å². The van der Waals surface area contributed by atoms with Gasteiger partial charge < -0.3 is 10.5 Å². The van der Waals surface area contributed by atoms with Crippen LogP contribution in [0.1, 0.15) is 12.8 Å². The van der Waals surface area contributed by atoms with Crippen molar-refractivity contribution in [2.45, 2.75) is 19.0 Å². The highest BCUT2D eigenvalue weighted by Crippen LogP contribution is 2.22. The molecule has 0 radical (unpaired) electrons. The van der Waals surface area contributed by atoms with Gasteiger partial charge in [-0.2, -0.15) is 23.0 Å². The SMILES string of the molecule is O=C(CCS(=O)CCC(F)(F)F)Nc1cn(-c2ccc[n+]([O-])c2)nc1Cl. The summed E-state index contributed by atoms with van der Waals surface area (Å²) in [6, 6.07) is 3.11. The van der Waals surface area contributed by atoms with Gasteiger partial charge in [0.1, 0.15) is 5.69 Å². The van der Waals surface area contributed by atoms with Crippen molar-refractivity contribution in [1.29, 1.82) is 0 Å². The second-order valence-electron chi connectivity index (χ2n) is 5.21. The van der Waals surface area contributed by atoms with Crippen LogP contribution in [0.3, 0.4) is 0 Å². The Labute approximate surface area is 153 Å². The number of hydrogen-bond acceptors (Lipinski definition) is 4. The van der Waals surface area contributed by atoms with Crippen LogP contribution in [0.5, 0.6) is 0 Å². The van der Waals surface area contributed by atoms with Crippen molar-refractivity contribution in [3.05, 3.63) is 41.1 Å². The summed E-state index contributed by atoms with van der Waals surface area (Å²) >= 11 is 5.92. The van der Waals surface area contributed by atoms with E-state index in [4.69, 9.17) is 11.6 Å². The van der Waals surface area contributed by atoms with E-state index >= 15 is 0 Å². The van der Waals surface area contributed by atoms with Crippen LogP contribution in [0.2, 0.25) is 5.15 Å². The van der Waals surface area contributed by atoms with E-state index in [1.54, 1.807) is 6.07 Å². The van der Waals surface area contributed by atoms with Gasteiger partial charge in [-0.15, -0.1) is 0 Å². The maximum Gasteiger partial charge on any atom is 0.390 e. The second-order valence-corrected chi connectivity index (χ2v) is 7.27. The smallest absolute Gasteiger partial charge is 0.390 e. The lowest BCUT2D eigenvalue weighted by molar-refractivity contribution is -0.605. The number of aromatic nitrogens is 3. The third-order valence-corrected chi connectivity index (χ3v) is 4.74. The van der Waals surface area contributed by atoms with E-state index in [-0.39, 0.29) is 23.0 Å².